The first-order chi connectivity index (χ1) is 13.6. The lowest BCUT2D eigenvalue weighted by molar-refractivity contribution is 0.0963. The van der Waals surface area contributed by atoms with Gasteiger partial charge in [0, 0.05) is 31.2 Å². The van der Waals surface area contributed by atoms with Crippen LogP contribution in [0.15, 0.2) is 23.2 Å². The summed E-state index contributed by atoms with van der Waals surface area (Å²) in [5.74, 6) is 2.15. The largest absolute Gasteiger partial charge is 0.493 e. The third-order valence-corrected chi connectivity index (χ3v) is 4.60. The minimum absolute atomic E-state index is 0.230. The van der Waals surface area contributed by atoms with Gasteiger partial charge in [-0.1, -0.05) is 12.1 Å². The van der Waals surface area contributed by atoms with Gasteiger partial charge in [0.1, 0.15) is 0 Å². The summed E-state index contributed by atoms with van der Waals surface area (Å²) in [5, 5.41) is 6.75. The van der Waals surface area contributed by atoms with E-state index in [-0.39, 0.29) is 12.1 Å². The van der Waals surface area contributed by atoms with Gasteiger partial charge in [-0.25, -0.2) is 9.79 Å². The summed E-state index contributed by atoms with van der Waals surface area (Å²) in [6.45, 7) is 6.86. The minimum atomic E-state index is -0.230. The van der Waals surface area contributed by atoms with Crippen molar-refractivity contribution in [2.24, 2.45) is 4.99 Å². The van der Waals surface area contributed by atoms with E-state index in [9.17, 15) is 4.79 Å². The summed E-state index contributed by atoms with van der Waals surface area (Å²) in [5.41, 5.74) is 0.955. The van der Waals surface area contributed by atoms with E-state index < -0.39 is 0 Å². The number of benzene rings is 1. The summed E-state index contributed by atoms with van der Waals surface area (Å²) in [6, 6.07) is 6.03. The second-order valence-corrected chi connectivity index (χ2v) is 6.45. The Labute approximate surface area is 167 Å². The lowest BCUT2D eigenvalue weighted by atomic mass is 10.1. The molecule has 1 fully saturated rings. The van der Waals surface area contributed by atoms with Crippen molar-refractivity contribution in [1.29, 1.82) is 0 Å². The number of likely N-dealkylation sites (tertiary alicyclic amines) is 1. The van der Waals surface area contributed by atoms with Crippen molar-refractivity contribution < 1.29 is 19.0 Å². The van der Waals surface area contributed by atoms with E-state index in [0.29, 0.717) is 37.7 Å². The molecule has 1 aliphatic heterocycles. The molecule has 1 aromatic rings. The van der Waals surface area contributed by atoms with Crippen LogP contribution in [0.5, 0.6) is 11.5 Å². The molecular weight excluding hydrogens is 360 g/mol. The summed E-state index contributed by atoms with van der Waals surface area (Å²) >= 11 is 0. The van der Waals surface area contributed by atoms with Gasteiger partial charge in [0.05, 0.1) is 27.4 Å². The van der Waals surface area contributed by atoms with Gasteiger partial charge in [-0.15, -0.1) is 0 Å². The SMILES string of the molecule is CCNC(=NCc1cccc(OC)c1OC)NC1CCN(C(=O)OCC)CC1. The highest BCUT2D eigenvalue weighted by atomic mass is 16.6. The van der Waals surface area contributed by atoms with E-state index in [0.717, 1.165) is 30.9 Å². The third-order valence-electron chi connectivity index (χ3n) is 4.60. The molecule has 1 aromatic carbocycles. The van der Waals surface area contributed by atoms with Crippen LogP contribution >= 0.6 is 0 Å². The van der Waals surface area contributed by atoms with Crippen LogP contribution in [-0.2, 0) is 11.3 Å². The number of methoxy groups -OCH3 is 2. The Bertz CT molecular complexity index is 658. The Morgan fingerprint density at radius 1 is 1.21 bits per heavy atom. The maximum atomic E-state index is 11.8. The molecule has 0 unspecified atom stereocenters. The Morgan fingerprint density at radius 2 is 1.96 bits per heavy atom. The number of carbonyl (C=O) groups excluding carboxylic acids is 1. The summed E-state index contributed by atoms with van der Waals surface area (Å²) in [6.07, 6.45) is 1.48. The lowest BCUT2D eigenvalue weighted by Gasteiger charge is -2.32. The zero-order valence-corrected chi connectivity index (χ0v) is 17.3. The van der Waals surface area contributed by atoms with Crippen LogP contribution in [0.1, 0.15) is 32.3 Å². The highest BCUT2D eigenvalue weighted by Gasteiger charge is 2.24. The van der Waals surface area contributed by atoms with Gasteiger partial charge in [0.2, 0.25) is 0 Å². The molecule has 0 atom stereocenters. The van der Waals surface area contributed by atoms with Crippen molar-refractivity contribution >= 4 is 12.1 Å². The molecule has 1 heterocycles. The van der Waals surface area contributed by atoms with Crippen molar-refractivity contribution in [1.82, 2.24) is 15.5 Å². The van der Waals surface area contributed by atoms with Gasteiger partial charge >= 0.3 is 6.09 Å². The standard InChI is InChI=1S/C20H32N4O4/c1-5-21-19(22-14-15-8-7-9-17(26-3)18(15)27-4)23-16-10-12-24(13-11-16)20(25)28-6-2/h7-9,16H,5-6,10-14H2,1-4H3,(H2,21,22,23). The molecule has 0 spiro atoms. The number of carbonyl (C=O) groups is 1. The monoisotopic (exact) mass is 392 g/mol. The van der Waals surface area contributed by atoms with Crippen LogP contribution in [0.4, 0.5) is 4.79 Å². The zero-order valence-electron chi connectivity index (χ0n) is 17.3. The molecular formula is C20H32N4O4. The molecule has 2 N–H and O–H groups in total. The van der Waals surface area contributed by atoms with E-state index in [1.165, 1.54) is 0 Å². The van der Waals surface area contributed by atoms with Crippen molar-refractivity contribution in [3.05, 3.63) is 23.8 Å². The van der Waals surface area contributed by atoms with Crippen LogP contribution in [0, 0.1) is 0 Å². The van der Waals surface area contributed by atoms with Crippen LogP contribution in [0.3, 0.4) is 0 Å². The molecule has 8 heteroatoms. The van der Waals surface area contributed by atoms with E-state index in [1.807, 2.05) is 32.0 Å². The fourth-order valence-corrected chi connectivity index (χ4v) is 3.18. The first-order valence-electron chi connectivity index (χ1n) is 9.79. The molecule has 1 amide bonds. The number of hydrogen-bond acceptors (Lipinski definition) is 5. The fraction of sp³-hybridized carbons (Fsp3) is 0.600. The number of amides is 1. The first kappa shape index (κ1) is 21.7. The smallest absolute Gasteiger partial charge is 0.409 e. The summed E-state index contributed by atoms with van der Waals surface area (Å²) in [7, 11) is 3.25. The molecule has 1 aliphatic rings. The van der Waals surface area contributed by atoms with E-state index in [4.69, 9.17) is 19.2 Å². The maximum absolute atomic E-state index is 11.8. The topological polar surface area (TPSA) is 84.4 Å². The first-order valence-corrected chi connectivity index (χ1v) is 9.79. The molecule has 0 radical (unpaired) electrons. The molecule has 1 saturated heterocycles. The van der Waals surface area contributed by atoms with Crippen LogP contribution in [0.25, 0.3) is 0 Å². The van der Waals surface area contributed by atoms with E-state index in [1.54, 1.807) is 19.1 Å². The van der Waals surface area contributed by atoms with Gasteiger partial charge in [0.15, 0.2) is 17.5 Å². The van der Waals surface area contributed by atoms with Gasteiger partial charge < -0.3 is 29.7 Å². The molecule has 2 rings (SSSR count). The van der Waals surface area contributed by atoms with Crippen LogP contribution < -0.4 is 20.1 Å². The van der Waals surface area contributed by atoms with E-state index in [2.05, 4.69) is 10.6 Å². The highest BCUT2D eigenvalue weighted by Crippen LogP contribution is 2.31. The van der Waals surface area contributed by atoms with Crippen molar-refractivity contribution in [3.63, 3.8) is 0 Å². The average Bonchev–Trinajstić information content (AvgIpc) is 2.72. The normalized spacial score (nSPS) is 15.1. The molecule has 8 nitrogen and oxygen atoms in total. The number of rotatable bonds is 7. The van der Waals surface area contributed by atoms with Gasteiger partial charge in [-0.3, -0.25) is 0 Å². The Hall–Kier alpha value is -2.64. The van der Waals surface area contributed by atoms with Gasteiger partial charge in [0.25, 0.3) is 0 Å². The van der Waals surface area contributed by atoms with Crippen molar-refractivity contribution in [2.45, 2.75) is 39.3 Å². The Balaban J connectivity index is 1.98. The van der Waals surface area contributed by atoms with Gasteiger partial charge in [-0.2, -0.15) is 0 Å². The molecule has 156 valence electrons. The van der Waals surface area contributed by atoms with Gasteiger partial charge in [-0.05, 0) is 32.8 Å². The molecule has 28 heavy (non-hydrogen) atoms. The summed E-state index contributed by atoms with van der Waals surface area (Å²) in [4.78, 5) is 18.3. The third kappa shape index (κ3) is 5.94. The van der Waals surface area contributed by atoms with E-state index >= 15 is 0 Å². The minimum Gasteiger partial charge on any atom is -0.493 e. The Kier molecular flexibility index (Phi) is 8.71. The summed E-state index contributed by atoms with van der Waals surface area (Å²) < 4.78 is 15.9. The molecule has 0 aliphatic carbocycles. The molecule has 0 aromatic heterocycles. The Morgan fingerprint density at radius 3 is 2.57 bits per heavy atom. The van der Waals surface area contributed by atoms with Crippen molar-refractivity contribution in [3.8, 4) is 11.5 Å². The average molecular weight is 393 g/mol. The highest BCUT2D eigenvalue weighted by molar-refractivity contribution is 5.80. The number of ether oxygens (including phenoxy) is 3. The fourth-order valence-electron chi connectivity index (χ4n) is 3.18. The lowest BCUT2D eigenvalue weighted by Crippen LogP contribution is -2.49. The number of para-hydroxylation sites is 1. The maximum Gasteiger partial charge on any atom is 0.409 e. The number of nitrogens with one attached hydrogen (secondary N) is 2. The number of hydrogen-bond donors (Lipinski definition) is 2. The second kappa shape index (κ2) is 11.3. The van der Waals surface area contributed by atoms with Crippen LogP contribution in [-0.4, -0.2) is 63.5 Å². The zero-order chi connectivity index (χ0) is 20.4. The van der Waals surface area contributed by atoms with Crippen LogP contribution in [0.2, 0.25) is 0 Å². The quantitative estimate of drug-likeness (QED) is 0.548. The number of aliphatic imine (C=N–C) groups is 1. The predicted octanol–water partition coefficient (Wildman–Crippen LogP) is 2.38. The molecule has 0 saturated carbocycles. The number of nitrogens with zero attached hydrogens (tertiary/aromatic N) is 2. The number of piperidine rings is 1. The number of guanidine groups is 1. The second-order valence-electron chi connectivity index (χ2n) is 6.45. The van der Waals surface area contributed by atoms with Crippen molar-refractivity contribution in [2.75, 3.05) is 40.5 Å². The molecule has 0 bridgehead atoms. The predicted molar refractivity (Wildman–Crippen MR) is 109 cm³/mol.